The number of hydrogen-bond donors (Lipinski definition) is 1. The Bertz CT molecular complexity index is 1210. The van der Waals surface area contributed by atoms with Crippen molar-refractivity contribution in [1.29, 1.82) is 0 Å². The minimum atomic E-state index is -1.38. The van der Waals surface area contributed by atoms with Crippen molar-refractivity contribution >= 4 is 79.6 Å². The molecule has 1 aromatic heterocycles. The summed E-state index contributed by atoms with van der Waals surface area (Å²) >= 11 is 0.695. The lowest BCUT2D eigenvalue weighted by atomic mass is 9.94. The Hall–Kier alpha value is -2.27. The quantitative estimate of drug-likeness (QED) is 0.215. The van der Waals surface area contributed by atoms with Crippen LogP contribution in [-0.4, -0.2) is 54.8 Å². The SMILES string of the molecule is CC[N+](C)(CC)CCO.I.O=C([O-])c1sc(C(=O)[O-])c2c3ccccc3c3ccccc3c12. The summed E-state index contributed by atoms with van der Waals surface area (Å²) in [7, 11) is 2.16. The maximum Gasteiger partial charge on any atom is 0.102 e. The molecule has 0 aliphatic rings. The van der Waals surface area contributed by atoms with Crippen molar-refractivity contribution in [2.24, 2.45) is 0 Å². The highest BCUT2D eigenvalue weighted by Gasteiger charge is 2.19. The average Bonchev–Trinajstić information content (AvgIpc) is 3.22. The molecule has 3 aromatic carbocycles. The number of thiophene rings is 1. The molecule has 1 N–H and O–H groups in total. The van der Waals surface area contributed by atoms with Crippen LogP contribution >= 0.6 is 35.3 Å². The van der Waals surface area contributed by atoms with E-state index in [9.17, 15) is 19.8 Å². The van der Waals surface area contributed by atoms with Crippen LogP contribution < -0.4 is 10.2 Å². The highest BCUT2D eigenvalue weighted by molar-refractivity contribution is 14.0. The number of halogens is 1. The predicted molar refractivity (Wildman–Crippen MR) is 140 cm³/mol. The van der Waals surface area contributed by atoms with Gasteiger partial charge in [-0.2, -0.15) is 0 Å². The Morgan fingerprint density at radius 3 is 1.45 bits per heavy atom. The number of carboxylic acids is 2. The summed E-state index contributed by atoms with van der Waals surface area (Å²) in [5.74, 6) is -2.76. The van der Waals surface area contributed by atoms with E-state index in [4.69, 9.17) is 5.11 Å². The van der Waals surface area contributed by atoms with E-state index >= 15 is 0 Å². The number of fused-ring (bicyclic) bond motifs is 6. The van der Waals surface area contributed by atoms with Crippen LogP contribution in [-0.2, 0) is 0 Å². The summed E-state index contributed by atoms with van der Waals surface area (Å²) in [6.07, 6.45) is 0. The molecule has 0 atom stereocenters. The van der Waals surface area contributed by atoms with E-state index in [0.29, 0.717) is 39.5 Å². The molecule has 6 nitrogen and oxygen atoms in total. The predicted octanol–water partition coefficient (Wildman–Crippen LogP) is 3.02. The summed E-state index contributed by atoms with van der Waals surface area (Å²) in [6, 6.07) is 14.7. The second-order valence-corrected chi connectivity index (χ2v) is 8.90. The first kappa shape index (κ1) is 27.0. The molecular formula is C25H27INO5S-. The van der Waals surface area contributed by atoms with E-state index in [1.54, 1.807) is 24.3 Å². The van der Waals surface area contributed by atoms with Gasteiger partial charge in [0.05, 0.1) is 48.4 Å². The fourth-order valence-corrected chi connectivity index (χ4v) is 4.88. The van der Waals surface area contributed by atoms with E-state index in [1.165, 1.54) is 0 Å². The zero-order chi connectivity index (χ0) is 23.5. The second-order valence-electron chi connectivity index (χ2n) is 7.88. The van der Waals surface area contributed by atoms with Crippen LogP contribution in [0.25, 0.3) is 32.3 Å². The number of rotatable bonds is 6. The van der Waals surface area contributed by atoms with Gasteiger partial charge in [0.25, 0.3) is 0 Å². The summed E-state index contributed by atoms with van der Waals surface area (Å²) in [5, 5.41) is 35.6. The normalized spacial score (nSPS) is 11.2. The van der Waals surface area contributed by atoms with Crippen LogP contribution in [0.5, 0.6) is 0 Å². The standard InChI is InChI=1S/C18H10O4S.C7H18NO.HI/c19-17(20)15-13-11-7-3-1-5-9(11)10-6-2-4-8-12(10)14(13)16(23-15)18(21)22;1-4-8(3,5-2)6-7-9;/h1-8H,(H,19,20)(H,21,22);9H,4-7H2,1-3H3;1H/q;+1;/p-2. The molecule has 176 valence electrons. The van der Waals surface area contributed by atoms with Gasteiger partial charge < -0.3 is 29.4 Å². The number of aliphatic hydroxyl groups excluding tert-OH is 1. The van der Waals surface area contributed by atoms with Gasteiger partial charge in [0.1, 0.15) is 6.54 Å². The first-order chi connectivity index (χ1) is 15.3. The molecule has 0 aliphatic heterocycles. The number of aliphatic hydroxyl groups is 1. The molecule has 4 aromatic rings. The number of carbonyl (C=O) groups excluding carboxylic acids is 2. The van der Waals surface area contributed by atoms with Crippen molar-refractivity contribution in [1.82, 2.24) is 0 Å². The summed E-state index contributed by atoms with van der Waals surface area (Å²) < 4.78 is 0.983. The lowest BCUT2D eigenvalue weighted by molar-refractivity contribution is -0.906. The zero-order valence-corrected chi connectivity index (χ0v) is 21.9. The fourth-order valence-electron chi connectivity index (χ4n) is 3.89. The van der Waals surface area contributed by atoms with Crippen LogP contribution in [0.15, 0.2) is 48.5 Å². The molecule has 0 aliphatic carbocycles. The van der Waals surface area contributed by atoms with Crippen LogP contribution in [0.2, 0.25) is 0 Å². The lowest BCUT2D eigenvalue weighted by Gasteiger charge is -2.31. The molecule has 4 rings (SSSR count). The Morgan fingerprint density at radius 1 is 0.818 bits per heavy atom. The maximum atomic E-state index is 11.5. The number of nitrogens with zero attached hydrogens (tertiary/aromatic N) is 1. The first-order valence-electron chi connectivity index (χ1n) is 10.5. The van der Waals surface area contributed by atoms with Crippen LogP contribution in [0, 0.1) is 0 Å². The van der Waals surface area contributed by atoms with Crippen molar-refractivity contribution in [2.75, 3.05) is 33.3 Å². The Balaban J connectivity index is 0.000000332. The van der Waals surface area contributed by atoms with E-state index in [0.717, 1.165) is 34.9 Å². The molecule has 0 fully saturated rings. The summed E-state index contributed by atoms with van der Waals surface area (Å²) in [4.78, 5) is 22.9. The molecule has 1 heterocycles. The van der Waals surface area contributed by atoms with Gasteiger partial charge in [0, 0.05) is 10.8 Å². The Kier molecular flexibility index (Phi) is 9.19. The number of hydrogen-bond acceptors (Lipinski definition) is 6. The van der Waals surface area contributed by atoms with Gasteiger partial charge in [-0.25, -0.2) is 0 Å². The summed E-state index contributed by atoms with van der Waals surface area (Å²) in [5.41, 5.74) is 0. The molecular weight excluding hydrogens is 553 g/mol. The number of aromatic carboxylic acids is 2. The number of quaternary nitrogens is 1. The Morgan fingerprint density at radius 2 is 1.18 bits per heavy atom. The minimum absolute atomic E-state index is 0. The minimum Gasteiger partial charge on any atom is -0.544 e. The lowest BCUT2D eigenvalue weighted by Crippen LogP contribution is -2.45. The van der Waals surface area contributed by atoms with Crippen LogP contribution in [0.3, 0.4) is 0 Å². The third kappa shape index (κ3) is 5.29. The molecule has 0 spiro atoms. The van der Waals surface area contributed by atoms with Crippen LogP contribution in [0.4, 0.5) is 0 Å². The number of likely N-dealkylation sites (N-methyl/N-ethyl adjacent to an activating group) is 1. The molecule has 33 heavy (non-hydrogen) atoms. The number of carboxylic acid groups (broad SMARTS) is 2. The van der Waals surface area contributed by atoms with Crippen molar-refractivity contribution in [3.63, 3.8) is 0 Å². The van der Waals surface area contributed by atoms with Crippen molar-refractivity contribution in [3.05, 3.63) is 58.3 Å². The van der Waals surface area contributed by atoms with Crippen molar-refractivity contribution in [3.8, 4) is 0 Å². The molecule has 0 saturated carbocycles. The highest BCUT2D eigenvalue weighted by atomic mass is 127. The summed E-state index contributed by atoms with van der Waals surface area (Å²) in [6.45, 7) is 7.71. The van der Waals surface area contributed by atoms with Crippen LogP contribution in [0.1, 0.15) is 33.2 Å². The largest absolute Gasteiger partial charge is 0.544 e. The van der Waals surface area contributed by atoms with E-state index < -0.39 is 11.9 Å². The molecule has 0 saturated heterocycles. The monoisotopic (exact) mass is 580 g/mol. The van der Waals surface area contributed by atoms with E-state index in [2.05, 4.69) is 20.9 Å². The van der Waals surface area contributed by atoms with Gasteiger partial charge in [0.2, 0.25) is 0 Å². The van der Waals surface area contributed by atoms with Gasteiger partial charge in [-0.05, 0) is 35.4 Å². The molecule has 0 amide bonds. The van der Waals surface area contributed by atoms with E-state index in [-0.39, 0.29) is 33.7 Å². The number of carbonyl (C=O) groups is 2. The third-order valence-corrected chi connectivity index (χ3v) is 7.28. The molecule has 0 unspecified atom stereocenters. The zero-order valence-electron chi connectivity index (χ0n) is 18.8. The molecule has 0 radical (unpaired) electrons. The van der Waals surface area contributed by atoms with Crippen molar-refractivity contribution < 1.29 is 29.4 Å². The second kappa shape index (κ2) is 11.2. The van der Waals surface area contributed by atoms with Gasteiger partial charge in [-0.1, -0.05) is 48.5 Å². The topological polar surface area (TPSA) is 100 Å². The molecule has 8 heteroatoms. The number of benzene rings is 3. The highest BCUT2D eigenvalue weighted by Crippen LogP contribution is 2.42. The van der Waals surface area contributed by atoms with Gasteiger partial charge in [-0.3, -0.25) is 0 Å². The van der Waals surface area contributed by atoms with Gasteiger partial charge >= 0.3 is 0 Å². The van der Waals surface area contributed by atoms with Gasteiger partial charge in [0.15, 0.2) is 0 Å². The molecule has 0 bridgehead atoms. The van der Waals surface area contributed by atoms with Gasteiger partial charge in [-0.15, -0.1) is 35.3 Å². The maximum absolute atomic E-state index is 11.5. The average molecular weight is 580 g/mol. The smallest absolute Gasteiger partial charge is 0.102 e. The Labute approximate surface area is 213 Å². The van der Waals surface area contributed by atoms with Crippen molar-refractivity contribution in [2.45, 2.75) is 13.8 Å². The third-order valence-electron chi connectivity index (χ3n) is 6.13. The van der Waals surface area contributed by atoms with E-state index in [1.807, 2.05) is 24.3 Å². The fraction of sp³-hybridized carbons (Fsp3) is 0.280. The first-order valence-corrected chi connectivity index (χ1v) is 11.3.